The molecule has 108 valence electrons. The lowest BCUT2D eigenvalue weighted by Gasteiger charge is -2.23. The molecule has 1 aromatic carbocycles. The molecule has 2 rings (SSSR count). The molecule has 1 heterocycles. The first kappa shape index (κ1) is 15.3. The predicted molar refractivity (Wildman–Crippen MR) is 82.9 cm³/mol. The Morgan fingerprint density at radius 1 is 1.30 bits per heavy atom. The van der Waals surface area contributed by atoms with Gasteiger partial charge in [0.2, 0.25) is 0 Å². The van der Waals surface area contributed by atoms with E-state index in [-0.39, 0.29) is 12.0 Å². The highest BCUT2D eigenvalue weighted by molar-refractivity contribution is 7.13. The Labute approximate surface area is 128 Å². The first-order valence-electron chi connectivity index (χ1n) is 6.50. The van der Waals surface area contributed by atoms with Crippen LogP contribution in [-0.2, 0) is 12.0 Å². The number of aliphatic hydroxyl groups excluding tert-OH is 1. The van der Waals surface area contributed by atoms with Gasteiger partial charge in [-0.15, -0.1) is 0 Å². The standard InChI is InChI=1S/C15H18ClNO2S/c1-4-15(2,3)10-5-7-11(8-6-10)19-14-17-13(16)12(9-18)20-14/h5-8,18H,4,9H2,1-3H3. The van der Waals surface area contributed by atoms with Crippen LogP contribution in [0.5, 0.6) is 10.9 Å². The second-order valence-corrected chi connectivity index (χ2v) is 6.62. The number of nitrogens with zero attached hydrogens (tertiary/aromatic N) is 1. The van der Waals surface area contributed by atoms with Crippen molar-refractivity contribution in [3.63, 3.8) is 0 Å². The Morgan fingerprint density at radius 2 is 1.95 bits per heavy atom. The summed E-state index contributed by atoms with van der Waals surface area (Å²) in [6, 6.07) is 8.00. The minimum atomic E-state index is -0.122. The average Bonchev–Trinajstić information content (AvgIpc) is 2.79. The molecule has 2 aromatic rings. The Hall–Kier alpha value is -1.10. The van der Waals surface area contributed by atoms with Crippen molar-refractivity contribution in [2.75, 3.05) is 0 Å². The number of halogens is 1. The average molecular weight is 312 g/mol. The molecule has 0 bridgehead atoms. The lowest BCUT2D eigenvalue weighted by molar-refractivity contribution is 0.285. The third-order valence-electron chi connectivity index (χ3n) is 3.50. The Bertz CT molecular complexity index is 578. The van der Waals surface area contributed by atoms with Crippen LogP contribution in [0, 0.1) is 0 Å². The fourth-order valence-corrected chi connectivity index (χ4v) is 2.72. The van der Waals surface area contributed by atoms with Gasteiger partial charge in [0.25, 0.3) is 5.19 Å². The summed E-state index contributed by atoms with van der Waals surface area (Å²) < 4.78 is 5.65. The third-order valence-corrected chi connectivity index (χ3v) is 4.84. The van der Waals surface area contributed by atoms with Crippen LogP contribution >= 0.6 is 22.9 Å². The first-order valence-corrected chi connectivity index (χ1v) is 7.70. The maximum Gasteiger partial charge on any atom is 0.280 e. The monoisotopic (exact) mass is 311 g/mol. The summed E-state index contributed by atoms with van der Waals surface area (Å²) in [5, 5.41) is 9.83. The highest BCUT2D eigenvalue weighted by atomic mass is 35.5. The topological polar surface area (TPSA) is 42.4 Å². The van der Waals surface area contributed by atoms with E-state index < -0.39 is 0 Å². The number of hydrogen-bond donors (Lipinski definition) is 1. The van der Waals surface area contributed by atoms with Crippen molar-refractivity contribution in [3.05, 3.63) is 39.9 Å². The fraction of sp³-hybridized carbons (Fsp3) is 0.400. The van der Waals surface area contributed by atoms with Crippen LogP contribution in [0.25, 0.3) is 0 Å². The normalized spacial score (nSPS) is 11.7. The summed E-state index contributed by atoms with van der Waals surface area (Å²) in [4.78, 5) is 4.68. The van der Waals surface area contributed by atoms with Crippen LogP contribution in [-0.4, -0.2) is 10.1 Å². The van der Waals surface area contributed by atoms with Crippen molar-refractivity contribution >= 4 is 22.9 Å². The zero-order valence-electron chi connectivity index (χ0n) is 11.8. The van der Waals surface area contributed by atoms with Gasteiger partial charge in [-0.1, -0.05) is 55.8 Å². The molecule has 5 heteroatoms. The summed E-state index contributed by atoms with van der Waals surface area (Å²) >= 11 is 7.13. The molecule has 1 N–H and O–H groups in total. The van der Waals surface area contributed by atoms with E-state index in [1.807, 2.05) is 12.1 Å². The number of aromatic nitrogens is 1. The van der Waals surface area contributed by atoms with Crippen LogP contribution in [0.1, 0.15) is 37.6 Å². The number of ether oxygens (including phenoxy) is 1. The fourth-order valence-electron chi connectivity index (χ4n) is 1.73. The minimum absolute atomic E-state index is 0.122. The van der Waals surface area contributed by atoms with Gasteiger partial charge >= 0.3 is 0 Å². The van der Waals surface area contributed by atoms with Gasteiger partial charge in [0.15, 0.2) is 0 Å². The maximum atomic E-state index is 9.08. The molecule has 20 heavy (non-hydrogen) atoms. The molecule has 0 aliphatic carbocycles. The molecule has 0 aliphatic heterocycles. The Morgan fingerprint density at radius 3 is 2.45 bits per heavy atom. The molecular weight excluding hydrogens is 294 g/mol. The van der Waals surface area contributed by atoms with E-state index in [1.54, 1.807) is 0 Å². The molecule has 0 saturated carbocycles. The van der Waals surface area contributed by atoms with E-state index >= 15 is 0 Å². The molecule has 0 unspecified atom stereocenters. The highest BCUT2D eigenvalue weighted by Crippen LogP contribution is 2.33. The van der Waals surface area contributed by atoms with E-state index in [1.165, 1.54) is 16.9 Å². The number of thiazole rings is 1. The van der Waals surface area contributed by atoms with Gasteiger partial charge in [-0.3, -0.25) is 0 Å². The maximum absolute atomic E-state index is 9.08. The van der Waals surface area contributed by atoms with Crippen LogP contribution < -0.4 is 4.74 Å². The van der Waals surface area contributed by atoms with Gasteiger partial charge in [0.05, 0.1) is 11.5 Å². The van der Waals surface area contributed by atoms with E-state index in [4.69, 9.17) is 21.4 Å². The molecule has 3 nitrogen and oxygen atoms in total. The molecule has 0 saturated heterocycles. The van der Waals surface area contributed by atoms with Gasteiger partial charge < -0.3 is 9.84 Å². The van der Waals surface area contributed by atoms with Gasteiger partial charge in [-0.25, -0.2) is 0 Å². The van der Waals surface area contributed by atoms with E-state index in [0.29, 0.717) is 15.2 Å². The van der Waals surface area contributed by atoms with E-state index in [0.717, 1.165) is 12.2 Å². The minimum Gasteiger partial charge on any atom is -0.431 e. The van der Waals surface area contributed by atoms with E-state index in [9.17, 15) is 0 Å². The summed E-state index contributed by atoms with van der Waals surface area (Å²) in [7, 11) is 0. The first-order chi connectivity index (χ1) is 9.46. The quantitative estimate of drug-likeness (QED) is 0.865. The van der Waals surface area contributed by atoms with Crippen LogP contribution in [0.15, 0.2) is 24.3 Å². The predicted octanol–water partition coefficient (Wildman–Crippen LogP) is 4.77. The number of aliphatic hydroxyl groups is 1. The van der Waals surface area contributed by atoms with Gasteiger partial charge in [0, 0.05) is 0 Å². The van der Waals surface area contributed by atoms with Gasteiger partial charge in [-0.2, -0.15) is 4.98 Å². The lowest BCUT2D eigenvalue weighted by Crippen LogP contribution is -2.14. The van der Waals surface area contributed by atoms with Crippen molar-refractivity contribution in [2.24, 2.45) is 0 Å². The molecular formula is C15H18ClNO2S. The SMILES string of the molecule is CCC(C)(C)c1ccc(Oc2nc(Cl)c(CO)s2)cc1. The van der Waals surface area contributed by atoms with Crippen molar-refractivity contribution in [2.45, 2.75) is 39.2 Å². The van der Waals surface area contributed by atoms with E-state index in [2.05, 4.69) is 37.9 Å². The highest BCUT2D eigenvalue weighted by Gasteiger charge is 2.18. The van der Waals surface area contributed by atoms with Crippen molar-refractivity contribution < 1.29 is 9.84 Å². The molecule has 0 radical (unpaired) electrons. The number of hydrogen-bond acceptors (Lipinski definition) is 4. The van der Waals surface area contributed by atoms with Crippen molar-refractivity contribution in [3.8, 4) is 10.9 Å². The zero-order valence-corrected chi connectivity index (χ0v) is 13.4. The zero-order chi connectivity index (χ0) is 14.8. The van der Waals surface area contributed by atoms with Gasteiger partial charge in [-0.05, 0) is 29.5 Å². The largest absolute Gasteiger partial charge is 0.431 e. The number of rotatable bonds is 5. The van der Waals surface area contributed by atoms with Gasteiger partial charge in [0.1, 0.15) is 10.9 Å². The molecule has 0 atom stereocenters. The summed E-state index contributed by atoms with van der Waals surface area (Å²) in [6.45, 7) is 6.50. The Balaban J connectivity index is 2.14. The molecule has 0 aliphatic rings. The van der Waals surface area contributed by atoms with Crippen molar-refractivity contribution in [1.82, 2.24) is 4.98 Å². The number of benzene rings is 1. The summed E-state index contributed by atoms with van der Waals surface area (Å²) in [5.41, 5.74) is 1.44. The second-order valence-electron chi connectivity index (χ2n) is 5.22. The third kappa shape index (κ3) is 3.32. The molecule has 1 aromatic heterocycles. The summed E-state index contributed by atoms with van der Waals surface area (Å²) in [5.74, 6) is 0.718. The van der Waals surface area contributed by atoms with Crippen LogP contribution in [0.3, 0.4) is 0 Å². The van der Waals surface area contributed by atoms with Crippen LogP contribution in [0.2, 0.25) is 5.15 Å². The smallest absolute Gasteiger partial charge is 0.280 e. The van der Waals surface area contributed by atoms with Crippen molar-refractivity contribution in [1.29, 1.82) is 0 Å². The lowest BCUT2D eigenvalue weighted by atomic mass is 9.82. The summed E-state index contributed by atoms with van der Waals surface area (Å²) in [6.07, 6.45) is 1.08. The van der Waals surface area contributed by atoms with Crippen LogP contribution in [0.4, 0.5) is 0 Å². The second kappa shape index (κ2) is 6.12. The molecule has 0 amide bonds. The molecule has 0 fully saturated rings. The Kier molecular flexibility index (Phi) is 4.68. The molecule has 0 spiro atoms.